The van der Waals surface area contributed by atoms with Gasteiger partial charge in [-0.1, -0.05) is 43.5 Å². The van der Waals surface area contributed by atoms with Gasteiger partial charge in [0.05, 0.1) is 19.8 Å². The SMILES string of the molecule is C=CC(=C)Oc1ccc(NC(=O)C(COCc2ccccc2)NC(=O)CN2CCSC2)cc1. The van der Waals surface area contributed by atoms with Gasteiger partial charge in [0.25, 0.3) is 0 Å². The Hall–Kier alpha value is -3.07. The molecule has 2 N–H and O–H groups in total. The molecule has 2 amide bonds. The monoisotopic (exact) mass is 467 g/mol. The first-order valence-corrected chi connectivity index (χ1v) is 11.8. The Balaban J connectivity index is 1.59. The number of hydrogen-bond acceptors (Lipinski definition) is 6. The number of benzene rings is 2. The van der Waals surface area contributed by atoms with Crippen LogP contribution in [-0.4, -0.2) is 54.1 Å². The predicted molar refractivity (Wildman–Crippen MR) is 132 cm³/mol. The second kappa shape index (κ2) is 12.8. The number of amides is 2. The fourth-order valence-corrected chi connectivity index (χ4v) is 4.10. The van der Waals surface area contributed by atoms with Gasteiger partial charge in [-0.3, -0.25) is 14.5 Å². The third-order valence-corrected chi connectivity index (χ3v) is 5.86. The largest absolute Gasteiger partial charge is 0.458 e. The lowest BCUT2D eigenvalue weighted by Gasteiger charge is -2.21. The van der Waals surface area contributed by atoms with E-state index in [1.807, 2.05) is 30.3 Å². The van der Waals surface area contributed by atoms with Crippen molar-refractivity contribution in [2.45, 2.75) is 12.6 Å². The van der Waals surface area contributed by atoms with Crippen LogP contribution in [0.4, 0.5) is 5.69 Å². The number of anilines is 1. The van der Waals surface area contributed by atoms with Gasteiger partial charge in [0, 0.05) is 23.9 Å². The van der Waals surface area contributed by atoms with Crippen LogP contribution in [0.3, 0.4) is 0 Å². The zero-order valence-corrected chi connectivity index (χ0v) is 19.3. The molecule has 1 saturated heterocycles. The van der Waals surface area contributed by atoms with Crippen LogP contribution in [0.15, 0.2) is 79.6 Å². The summed E-state index contributed by atoms with van der Waals surface area (Å²) in [5.41, 5.74) is 1.57. The van der Waals surface area contributed by atoms with Crippen molar-refractivity contribution in [3.8, 4) is 5.75 Å². The molecule has 0 radical (unpaired) electrons. The first kappa shape index (κ1) is 24.6. The van der Waals surface area contributed by atoms with Crippen LogP contribution in [0.1, 0.15) is 5.56 Å². The molecular formula is C25H29N3O4S. The lowest BCUT2D eigenvalue weighted by Crippen LogP contribution is -2.49. The molecule has 3 rings (SSSR count). The van der Waals surface area contributed by atoms with E-state index in [1.165, 1.54) is 6.08 Å². The molecule has 1 unspecified atom stereocenters. The number of thioether (sulfide) groups is 1. The van der Waals surface area contributed by atoms with Crippen LogP contribution in [0.5, 0.6) is 5.75 Å². The summed E-state index contributed by atoms with van der Waals surface area (Å²) in [6.07, 6.45) is 1.51. The smallest absolute Gasteiger partial charge is 0.249 e. The maximum absolute atomic E-state index is 13.0. The molecule has 0 spiro atoms. The molecular weight excluding hydrogens is 438 g/mol. The van der Waals surface area contributed by atoms with Crippen molar-refractivity contribution in [2.75, 3.05) is 36.6 Å². The van der Waals surface area contributed by atoms with E-state index < -0.39 is 6.04 Å². The molecule has 2 aromatic rings. The molecule has 8 heteroatoms. The van der Waals surface area contributed by atoms with Crippen LogP contribution in [0.2, 0.25) is 0 Å². The van der Waals surface area contributed by atoms with Crippen LogP contribution < -0.4 is 15.4 Å². The minimum absolute atomic E-state index is 0.0571. The first-order chi connectivity index (χ1) is 16.0. The average molecular weight is 468 g/mol. The Morgan fingerprint density at radius 3 is 2.58 bits per heavy atom. The van der Waals surface area contributed by atoms with Crippen molar-refractivity contribution in [3.05, 3.63) is 85.2 Å². The van der Waals surface area contributed by atoms with Gasteiger partial charge >= 0.3 is 0 Å². The number of ether oxygens (including phenoxy) is 2. The van der Waals surface area contributed by atoms with Gasteiger partial charge in [-0.2, -0.15) is 0 Å². The zero-order valence-electron chi connectivity index (χ0n) is 18.5. The molecule has 33 heavy (non-hydrogen) atoms. The minimum atomic E-state index is -0.826. The van der Waals surface area contributed by atoms with E-state index in [2.05, 4.69) is 28.7 Å². The Bertz CT molecular complexity index is 944. The zero-order chi connectivity index (χ0) is 23.5. The topological polar surface area (TPSA) is 79.9 Å². The summed E-state index contributed by atoms with van der Waals surface area (Å²) in [4.78, 5) is 27.6. The molecule has 0 aliphatic carbocycles. The van der Waals surface area contributed by atoms with Crippen LogP contribution in [0.25, 0.3) is 0 Å². The normalized spacial score (nSPS) is 14.3. The number of carbonyl (C=O) groups excluding carboxylic acids is 2. The van der Waals surface area contributed by atoms with Crippen LogP contribution in [0, 0.1) is 0 Å². The molecule has 1 heterocycles. The third kappa shape index (κ3) is 8.42. The predicted octanol–water partition coefficient (Wildman–Crippen LogP) is 3.41. The maximum atomic E-state index is 13.0. The second-order valence-electron chi connectivity index (χ2n) is 7.50. The maximum Gasteiger partial charge on any atom is 0.249 e. The van der Waals surface area contributed by atoms with Gasteiger partial charge in [-0.15, -0.1) is 11.8 Å². The Morgan fingerprint density at radius 1 is 1.15 bits per heavy atom. The van der Waals surface area contributed by atoms with Gasteiger partial charge < -0.3 is 20.1 Å². The molecule has 0 bridgehead atoms. The number of allylic oxidation sites excluding steroid dienone is 1. The Labute approximate surface area is 198 Å². The summed E-state index contributed by atoms with van der Waals surface area (Å²) in [6.45, 7) is 8.84. The van der Waals surface area contributed by atoms with Gasteiger partial charge in [-0.25, -0.2) is 0 Å². The van der Waals surface area contributed by atoms with Crippen molar-refractivity contribution >= 4 is 29.3 Å². The van der Waals surface area contributed by atoms with Crippen molar-refractivity contribution in [3.63, 3.8) is 0 Å². The van der Waals surface area contributed by atoms with E-state index in [0.29, 0.717) is 23.8 Å². The lowest BCUT2D eigenvalue weighted by atomic mass is 10.2. The molecule has 0 aromatic heterocycles. The quantitative estimate of drug-likeness (QED) is 0.368. The van der Waals surface area contributed by atoms with E-state index in [9.17, 15) is 9.59 Å². The fraction of sp³-hybridized carbons (Fsp3) is 0.280. The lowest BCUT2D eigenvalue weighted by molar-refractivity contribution is -0.128. The summed E-state index contributed by atoms with van der Waals surface area (Å²) < 4.78 is 11.2. The third-order valence-electron chi connectivity index (χ3n) is 4.84. The first-order valence-electron chi connectivity index (χ1n) is 10.6. The highest BCUT2D eigenvalue weighted by molar-refractivity contribution is 7.99. The molecule has 7 nitrogen and oxygen atoms in total. The van der Waals surface area contributed by atoms with E-state index in [4.69, 9.17) is 9.47 Å². The Morgan fingerprint density at radius 2 is 1.91 bits per heavy atom. The molecule has 1 atom stereocenters. The van der Waals surface area contributed by atoms with Gasteiger partial charge in [-0.05, 0) is 35.9 Å². The summed E-state index contributed by atoms with van der Waals surface area (Å²) in [7, 11) is 0. The fourth-order valence-electron chi connectivity index (χ4n) is 3.10. The highest BCUT2D eigenvalue weighted by Crippen LogP contribution is 2.18. The molecule has 1 aliphatic rings. The highest BCUT2D eigenvalue weighted by Gasteiger charge is 2.23. The van der Waals surface area contributed by atoms with E-state index in [1.54, 1.807) is 36.0 Å². The van der Waals surface area contributed by atoms with Crippen molar-refractivity contribution < 1.29 is 19.1 Å². The second-order valence-corrected chi connectivity index (χ2v) is 8.57. The standard InChI is InChI=1S/C25H29N3O4S/c1-3-19(2)32-22-11-9-21(10-12-22)26-25(30)23(17-31-16-20-7-5-4-6-8-20)27-24(29)15-28-13-14-33-18-28/h3-12,23H,1-2,13-18H2,(H,26,30)(H,27,29). The van der Waals surface area contributed by atoms with Crippen molar-refractivity contribution in [2.24, 2.45) is 0 Å². The van der Waals surface area contributed by atoms with Crippen LogP contribution >= 0.6 is 11.8 Å². The minimum Gasteiger partial charge on any atom is -0.458 e. The van der Waals surface area contributed by atoms with E-state index in [-0.39, 0.29) is 25.0 Å². The van der Waals surface area contributed by atoms with E-state index >= 15 is 0 Å². The molecule has 1 fully saturated rings. The van der Waals surface area contributed by atoms with Gasteiger partial charge in [0.2, 0.25) is 11.8 Å². The number of rotatable bonds is 12. The molecule has 1 aliphatic heterocycles. The van der Waals surface area contributed by atoms with E-state index in [0.717, 1.165) is 23.7 Å². The summed E-state index contributed by atoms with van der Waals surface area (Å²) >= 11 is 1.79. The number of hydrogen-bond donors (Lipinski definition) is 2. The number of nitrogens with zero attached hydrogens (tertiary/aromatic N) is 1. The summed E-state index contributed by atoms with van der Waals surface area (Å²) in [5.74, 6) is 2.29. The summed E-state index contributed by atoms with van der Waals surface area (Å²) in [6, 6.07) is 15.7. The Kier molecular flexibility index (Phi) is 9.56. The van der Waals surface area contributed by atoms with Crippen LogP contribution in [-0.2, 0) is 20.9 Å². The highest BCUT2D eigenvalue weighted by atomic mass is 32.2. The van der Waals surface area contributed by atoms with Crippen molar-refractivity contribution in [1.29, 1.82) is 0 Å². The molecule has 0 saturated carbocycles. The van der Waals surface area contributed by atoms with Gasteiger partial charge in [0.15, 0.2) is 0 Å². The van der Waals surface area contributed by atoms with Gasteiger partial charge in [0.1, 0.15) is 17.6 Å². The molecule has 2 aromatic carbocycles. The number of carbonyl (C=O) groups is 2. The summed E-state index contributed by atoms with van der Waals surface area (Å²) in [5, 5.41) is 5.66. The van der Waals surface area contributed by atoms with Crippen molar-refractivity contribution in [1.82, 2.24) is 10.2 Å². The average Bonchev–Trinajstić information content (AvgIpc) is 3.33. The molecule has 174 valence electrons. The number of nitrogens with one attached hydrogen (secondary N) is 2.